The van der Waals surface area contributed by atoms with Crippen molar-refractivity contribution in [3.05, 3.63) is 53.3 Å². The summed E-state index contributed by atoms with van der Waals surface area (Å²) in [5.74, 6) is -0.942. The lowest BCUT2D eigenvalue weighted by atomic mass is 10.0. The van der Waals surface area contributed by atoms with Crippen LogP contribution in [0.5, 0.6) is 0 Å². The Bertz CT molecular complexity index is 578. The van der Waals surface area contributed by atoms with E-state index in [4.69, 9.17) is 5.11 Å². The monoisotopic (exact) mass is 273 g/mol. The molecule has 0 amide bonds. The van der Waals surface area contributed by atoms with E-state index in [2.05, 4.69) is 29.5 Å². The number of hydrogen-bond donors (Lipinski definition) is 2. The molecule has 0 fully saturated rings. The molecule has 0 radical (unpaired) electrons. The SMILES string of the molecule is CCC(NCc1c(C(=O)O)cnn1C)c1ccccc1. The molecule has 20 heavy (non-hydrogen) atoms. The lowest BCUT2D eigenvalue weighted by molar-refractivity contribution is 0.0695. The Kier molecular flexibility index (Phi) is 4.53. The molecule has 0 bridgehead atoms. The molecule has 2 aromatic rings. The Morgan fingerprint density at radius 2 is 2.10 bits per heavy atom. The molecular weight excluding hydrogens is 254 g/mol. The summed E-state index contributed by atoms with van der Waals surface area (Å²) in [6.45, 7) is 2.58. The van der Waals surface area contributed by atoms with Crippen LogP contribution in [-0.4, -0.2) is 20.9 Å². The van der Waals surface area contributed by atoms with Crippen LogP contribution in [0.3, 0.4) is 0 Å². The van der Waals surface area contributed by atoms with Gasteiger partial charge in [0, 0.05) is 19.6 Å². The van der Waals surface area contributed by atoms with Crippen LogP contribution in [0.2, 0.25) is 0 Å². The fourth-order valence-corrected chi connectivity index (χ4v) is 2.25. The first-order chi connectivity index (χ1) is 9.63. The number of rotatable bonds is 6. The van der Waals surface area contributed by atoms with Gasteiger partial charge in [0.15, 0.2) is 0 Å². The molecule has 0 aliphatic carbocycles. The van der Waals surface area contributed by atoms with Gasteiger partial charge in [0.2, 0.25) is 0 Å². The minimum atomic E-state index is -0.942. The fourth-order valence-electron chi connectivity index (χ4n) is 2.25. The standard InChI is InChI=1S/C15H19N3O2/c1-3-13(11-7-5-4-6-8-11)16-10-14-12(15(19)20)9-17-18(14)2/h4-9,13,16H,3,10H2,1-2H3,(H,19,20). The maximum Gasteiger partial charge on any atom is 0.339 e. The predicted octanol–water partition coefficient (Wildman–Crippen LogP) is 2.36. The van der Waals surface area contributed by atoms with Gasteiger partial charge in [-0.1, -0.05) is 37.3 Å². The van der Waals surface area contributed by atoms with Gasteiger partial charge in [-0.05, 0) is 12.0 Å². The second-order valence-electron chi connectivity index (χ2n) is 4.69. The number of aryl methyl sites for hydroxylation is 1. The van der Waals surface area contributed by atoms with Gasteiger partial charge in [-0.3, -0.25) is 4.68 Å². The van der Waals surface area contributed by atoms with Crippen LogP contribution >= 0.6 is 0 Å². The fraction of sp³-hybridized carbons (Fsp3) is 0.333. The van der Waals surface area contributed by atoms with E-state index in [9.17, 15) is 4.79 Å². The maximum absolute atomic E-state index is 11.1. The number of carboxylic acid groups (broad SMARTS) is 1. The Labute approximate surface area is 118 Å². The molecule has 1 heterocycles. The molecule has 1 aromatic heterocycles. The number of benzene rings is 1. The molecular formula is C15H19N3O2. The van der Waals surface area contributed by atoms with Gasteiger partial charge in [0.05, 0.1) is 11.9 Å². The lowest BCUT2D eigenvalue weighted by Crippen LogP contribution is -2.23. The van der Waals surface area contributed by atoms with E-state index < -0.39 is 5.97 Å². The zero-order valence-electron chi connectivity index (χ0n) is 11.7. The van der Waals surface area contributed by atoms with Crippen LogP contribution < -0.4 is 5.32 Å². The van der Waals surface area contributed by atoms with Crippen molar-refractivity contribution in [2.75, 3.05) is 0 Å². The van der Waals surface area contributed by atoms with Crippen LogP contribution in [0.4, 0.5) is 0 Å². The van der Waals surface area contributed by atoms with Gasteiger partial charge in [-0.2, -0.15) is 5.10 Å². The van der Waals surface area contributed by atoms with Gasteiger partial charge in [0.1, 0.15) is 5.56 Å². The van der Waals surface area contributed by atoms with Crippen molar-refractivity contribution in [2.45, 2.75) is 25.9 Å². The number of aromatic nitrogens is 2. The summed E-state index contributed by atoms with van der Waals surface area (Å²) in [5, 5.41) is 16.5. The Morgan fingerprint density at radius 3 is 2.70 bits per heavy atom. The summed E-state index contributed by atoms with van der Waals surface area (Å²) in [6.07, 6.45) is 2.33. The number of nitrogens with zero attached hydrogens (tertiary/aromatic N) is 2. The van der Waals surface area contributed by atoms with E-state index in [0.717, 1.165) is 6.42 Å². The first-order valence-corrected chi connectivity index (χ1v) is 6.66. The molecule has 5 heteroatoms. The lowest BCUT2D eigenvalue weighted by Gasteiger charge is -2.17. The molecule has 106 valence electrons. The first-order valence-electron chi connectivity index (χ1n) is 6.66. The zero-order chi connectivity index (χ0) is 14.5. The number of aromatic carboxylic acids is 1. The summed E-state index contributed by atoms with van der Waals surface area (Å²) < 4.78 is 1.61. The van der Waals surface area contributed by atoms with E-state index in [1.54, 1.807) is 11.7 Å². The highest BCUT2D eigenvalue weighted by Crippen LogP contribution is 2.17. The van der Waals surface area contributed by atoms with Crippen molar-refractivity contribution in [3.63, 3.8) is 0 Å². The summed E-state index contributed by atoms with van der Waals surface area (Å²) in [6, 6.07) is 10.3. The van der Waals surface area contributed by atoms with Gasteiger partial charge < -0.3 is 10.4 Å². The van der Waals surface area contributed by atoms with Crippen molar-refractivity contribution in [3.8, 4) is 0 Å². The number of hydrogen-bond acceptors (Lipinski definition) is 3. The largest absolute Gasteiger partial charge is 0.478 e. The second-order valence-corrected chi connectivity index (χ2v) is 4.69. The second kappa shape index (κ2) is 6.34. The molecule has 0 aliphatic rings. The van der Waals surface area contributed by atoms with Crippen LogP contribution in [0, 0.1) is 0 Å². The maximum atomic E-state index is 11.1. The summed E-state index contributed by atoms with van der Waals surface area (Å²) in [4.78, 5) is 11.1. The van der Waals surface area contributed by atoms with E-state index in [-0.39, 0.29) is 11.6 Å². The van der Waals surface area contributed by atoms with Crippen molar-refractivity contribution in [1.29, 1.82) is 0 Å². The van der Waals surface area contributed by atoms with Gasteiger partial charge in [-0.25, -0.2) is 4.79 Å². The third-order valence-electron chi connectivity index (χ3n) is 3.42. The molecule has 2 N–H and O–H groups in total. The van der Waals surface area contributed by atoms with Crippen LogP contribution in [-0.2, 0) is 13.6 Å². The highest BCUT2D eigenvalue weighted by molar-refractivity contribution is 5.88. The normalized spacial score (nSPS) is 12.3. The van der Waals surface area contributed by atoms with Gasteiger partial charge >= 0.3 is 5.97 Å². The predicted molar refractivity (Wildman–Crippen MR) is 76.5 cm³/mol. The number of nitrogens with one attached hydrogen (secondary N) is 1. The summed E-state index contributed by atoms with van der Waals surface area (Å²) in [5.41, 5.74) is 2.14. The minimum absolute atomic E-state index is 0.202. The molecule has 0 saturated heterocycles. The highest BCUT2D eigenvalue weighted by atomic mass is 16.4. The Balaban J connectivity index is 2.11. The third-order valence-corrected chi connectivity index (χ3v) is 3.42. The van der Waals surface area contributed by atoms with Crippen LogP contribution in [0.15, 0.2) is 36.5 Å². The Hall–Kier alpha value is -2.14. The molecule has 1 unspecified atom stereocenters. The van der Waals surface area contributed by atoms with Crippen molar-refractivity contribution < 1.29 is 9.90 Å². The quantitative estimate of drug-likeness (QED) is 0.848. The highest BCUT2D eigenvalue weighted by Gasteiger charge is 2.16. The summed E-state index contributed by atoms with van der Waals surface area (Å²) >= 11 is 0. The van der Waals surface area contributed by atoms with Crippen molar-refractivity contribution in [2.24, 2.45) is 7.05 Å². The molecule has 0 spiro atoms. The number of carboxylic acids is 1. The molecule has 0 aliphatic heterocycles. The van der Waals surface area contributed by atoms with E-state index in [1.165, 1.54) is 11.8 Å². The average molecular weight is 273 g/mol. The van der Waals surface area contributed by atoms with Crippen molar-refractivity contribution >= 4 is 5.97 Å². The molecule has 1 aromatic carbocycles. The van der Waals surface area contributed by atoms with Crippen LogP contribution in [0.25, 0.3) is 0 Å². The average Bonchev–Trinajstić information content (AvgIpc) is 2.82. The molecule has 2 rings (SSSR count). The smallest absolute Gasteiger partial charge is 0.339 e. The van der Waals surface area contributed by atoms with E-state index in [0.29, 0.717) is 12.2 Å². The zero-order valence-corrected chi connectivity index (χ0v) is 11.7. The van der Waals surface area contributed by atoms with E-state index >= 15 is 0 Å². The van der Waals surface area contributed by atoms with E-state index in [1.807, 2.05) is 18.2 Å². The Morgan fingerprint density at radius 1 is 1.40 bits per heavy atom. The van der Waals surface area contributed by atoms with Gasteiger partial charge in [-0.15, -0.1) is 0 Å². The first kappa shape index (κ1) is 14.3. The molecule has 5 nitrogen and oxygen atoms in total. The van der Waals surface area contributed by atoms with Crippen LogP contribution in [0.1, 0.15) is 41.0 Å². The third kappa shape index (κ3) is 3.05. The van der Waals surface area contributed by atoms with Gasteiger partial charge in [0.25, 0.3) is 0 Å². The topological polar surface area (TPSA) is 67.2 Å². The van der Waals surface area contributed by atoms with Crippen molar-refractivity contribution in [1.82, 2.24) is 15.1 Å². The minimum Gasteiger partial charge on any atom is -0.478 e. The number of carbonyl (C=O) groups is 1. The molecule has 0 saturated carbocycles. The molecule has 1 atom stereocenters. The summed E-state index contributed by atoms with van der Waals surface area (Å²) in [7, 11) is 1.76.